The third kappa shape index (κ3) is 4.68. The fourth-order valence-electron chi connectivity index (χ4n) is 2.21. The number of non-ortho nitro benzene ring substituents is 1. The number of carbonyl (C=O) groups is 1. The number of nitro groups is 1. The van der Waals surface area contributed by atoms with Gasteiger partial charge in [0.05, 0.1) is 4.92 Å². The van der Waals surface area contributed by atoms with Gasteiger partial charge in [-0.05, 0) is 37.3 Å². The van der Waals surface area contributed by atoms with Crippen LogP contribution in [0.4, 0.5) is 10.8 Å². The first kappa shape index (κ1) is 18.5. The number of aryl methyl sites for hydroxylation is 1. The Morgan fingerprint density at radius 2 is 1.93 bits per heavy atom. The van der Waals surface area contributed by atoms with E-state index in [0.717, 1.165) is 16.1 Å². The minimum absolute atomic E-state index is 0.0605. The lowest BCUT2D eigenvalue weighted by Crippen LogP contribution is -2.34. The number of nitro benzene ring substituents is 1. The van der Waals surface area contributed by atoms with Crippen molar-refractivity contribution in [1.29, 1.82) is 0 Å². The van der Waals surface area contributed by atoms with E-state index in [1.165, 1.54) is 35.6 Å². The molecule has 0 fully saturated rings. The zero-order valence-electron chi connectivity index (χ0n) is 14.0. The highest BCUT2D eigenvalue weighted by Crippen LogP contribution is 2.26. The first-order valence-corrected chi connectivity index (χ1v) is 8.92. The zero-order valence-corrected chi connectivity index (χ0v) is 15.6. The minimum Gasteiger partial charge on any atom is -0.307 e. The van der Waals surface area contributed by atoms with Crippen molar-refractivity contribution in [3.63, 3.8) is 0 Å². The normalized spacial score (nSPS) is 10.3. The lowest BCUT2D eigenvalue weighted by Gasteiger charge is -2.06. The monoisotopic (exact) mass is 399 g/mol. The van der Waals surface area contributed by atoms with Crippen LogP contribution >= 0.6 is 23.6 Å². The SMILES string of the molecule is Cc1cccc(-c2nnc(NC(=S)NC(=O)c3ccc([N+](=O)[O-])cc3)s2)c1. The number of anilines is 1. The molecule has 1 aromatic heterocycles. The number of hydrogen-bond donors (Lipinski definition) is 2. The van der Waals surface area contributed by atoms with Crippen molar-refractivity contribution in [3.05, 3.63) is 69.8 Å². The first-order valence-electron chi connectivity index (χ1n) is 7.70. The maximum atomic E-state index is 12.1. The fraction of sp³-hybridized carbons (Fsp3) is 0.0588. The highest BCUT2D eigenvalue weighted by atomic mass is 32.1. The second kappa shape index (κ2) is 7.98. The molecular weight excluding hydrogens is 386 g/mol. The van der Waals surface area contributed by atoms with E-state index in [4.69, 9.17) is 12.2 Å². The number of rotatable bonds is 4. The van der Waals surface area contributed by atoms with E-state index in [2.05, 4.69) is 20.8 Å². The van der Waals surface area contributed by atoms with E-state index in [-0.39, 0.29) is 16.4 Å². The summed E-state index contributed by atoms with van der Waals surface area (Å²) in [5, 5.41) is 25.3. The number of aromatic nitrogens is 2. The molecule has 0 saturated carbocycles. The van der Waals surface area contributed by atoms with Crippen molar-refractivity contribution in [2.45, 2.75) is 6.92 Å². The van der Waals surface area contributed by atoms with Gasteiger partial charge in [0.2, 0.25) is 5.13 Å². The van der Waals surface area contributed by atoms with Gasteiger partial charge in [0, 0.05) is 23.3 Å². The Balaban J connectivity index is 1.62. The van der Waals surface area contributed by atoms with Crippen molar-refractivity contribution in [1.82, 2.24) is 15.5 Å². The largest absolute Gasteiger partial charge is 0.307 e. The van der Waals surface area contributed by atoms with Gasteiger partial charge in [-0.2, -0.15) is 0 Å². The molecule has 10 heteroatoms. The second-order valence-corrected chi connectivity index (χ2v) is 6.88. The maximum Gasteiger partial charge on any atom is 0.269 e. The van der Waals surface area contributed by atoms with E-state index < -0.39 is 10.8 Å². The Labute approximate surface area is 163 Å². The molecule has 0 aliphatic heterocycles. The van der Waals surface area contributed by atoms with Crippen LogP contribution in [0.1, 0.15) is 15.9 Å². The van der Waals surface area contributed by atoms with Crippen molar-refractivity contribution < 1.29 is 9.72 Å². The summed E-state index contributed by atoms with van der Waals surface area (Å²) in [7, 11) is 0. The van der Waals surface area contributed by atoms with Gasteiger partial charge >= 0.3 is 0 Å². The van der Waals surface area contributed by atoms with Crippen LogP contribution in [0.25, 0.3) is 10.6 Å². The summed E-state index contributed by atoms with van der Waals surface area (Å²) in [5.74, 6) is -0.481. The standard InChI is InChI=1S/C17H13N5O3S2/c1-10-3-2-4-12(9-10)15-20-21-17(27-15)19-16(26)18-14(23)11-5-7-13(8-6-11)22(24)25/h2-9H,1H3,(H2,18,19,21,23,26). The van der Waals surface area contributed by atoms with Crippen LogP contribution in [0.15, 0.2) is 48.5 Å². The van der Waals surface area contributed by atoms with E-state index in [9.17, 15) is 14.9 Å². The average Bonchev–Trinajstić information content (AvgIpc) is 3.10. The number of carbonyl (C=O) groups excluding carboxylic acids is 1. The fourth-order valence-corrected chi connectivity index (χ4v) is 3.20. The van der Waals surface area contributed by atoms with Crippen molar-refractivity contribution in [2.75, 3.05) is 5.32 Å². The van der Waals surface area contributed by atoms with Gasteiger partial charge in [0.1, 0.15) is 5.01 Å². The Morgan fingerprint density at radius 1 is 1.19 bits per heavy atom. The maximum absolute atomic E-state index is 12.1. The van der Waals surface area contributed by atoms with Crippen LogP contribution in [0.2, 0.25) is 0 Å². The highest BCUT2D eigenvalue weighted by Gasteiger charge is 2.13. The zero-order chi connectivity index (χ0) is 19.4. The Morgan fingerprint density at radius 3 is 2.59 bits per heavy atom. The van der Waals surface area contributed by atoms with E-state index in [1.807, 2.05) is 31.2 Å². The van der Waals surface area contributed by atoms with E-state index in [0.29, 0.717) is 5.13 Å². The summed E-state index contributed by atoms with van der Waals surface area (Å²) in [6.45, 7) is 1.99. The van der Waals surface area contributed by atoms with E-state index >= 15 is 0 Å². The molecule has 3 rings (SSSR count). The molecule has 3 aromatic rings. The number of nitrogens with zero attached hydrogens (tertiary/aromatic N) is 3. The summed E-state index contributed by atoms with van der Waals surface area (Å²) in [5.41, 5.74) is 2.22. The molecule has 0 saturated heterocycles. The first-order chi connectivity index (χ1) is 12.9. The number of benzene rings is 2. The lowest BCUT2D eigenvalue weighted by atomic mass is 10.1. The van der Waals surface area contributed by atoms with Crippen molar-refractivity contribution in [3.8, 4) is 10.6 Å². The van der Waals surface area contributed by atoms with Gasteiger partial charge in [-0.25, -0.2) is 0 Å². The van der Waals surface area contributed by atoms with Gasteiger partial charge in [-0.3, -0.25) is 20.2 Å². The summed E-state index contributed by atoms with van der Waals surface area (Å²) >= 11 is 6.42. The van der Waals surface area contributed by atoms with Gasteiger partial charge < -0.3 is 5.32 Å². The van der Waals surface area contributed by atoms with Gasteiger partial charge in [-0.1, -0.05) is 35.1 Å². The Kier molecular flexibility index (Phi) is 5.48. The third-order valence-corrected chi connectivity index (χ3v) is 4.57. The topological polar surface area (TPSA) is 110 Å². The summed E-state index contributed by atoms with van der Waals surface area (Å²) in [6.07, 6.45) is 0. The molecule has 8 nitrogen and oxygen atoms in total. The Hall–Kier alpha value is -3.24. The molecule has 1 amide bonds. The predicted molar refractivity (Wildman–Crippen MR) is 107 cm³/mol. The molecule has 0 aliphatic rings. The molecule has 0 aliphatic carbocycles. The summed E-state index contributed by atoms with van der Waals surface area (Å²) in [6, 6.07) is 13.1. The molecule has 0 radical (unpaired) electrons. The molecular formula is C17H13N5O3S2. The van der Waals surface area contributed by atoms with Gasteiger partial charge in [-0.15, -0.1) is 10.2 Å². The molecule has 2 aromatic carbocycles. The average molecular weight is 399 g/mol. The lowest BCUT2D eigenvalue weighted by molar-refractivity contribution is -0.384. The molecule has 136 valence electrons. The molecule has 2 N–H and O–H groups in total. The third-order valence-electron chi connectivity index (χ3n) is 3.48. The quantitative estimate of drug-likeness (QED) is 0.392. The van der Waals surface area contributed by atoms with Crippen LogP contribution in [-0.4, -0.2) is 26.1 Å². The molecule has 0 atom stereocenters. The minimum atomic E-state index is -0.533. The van der Waals surface area contributed by atoms with Crippen molar-refractivity contribution in [2.24, 2.45) is 0 Å². The molecule has 1 heterocycles. The summed E-state index contributed by atoms with van der Waals surface area (Å²) < 4.78 is 0. The molecule has 0 bridgehead atoms. The van der Waals surface area contributed by atoms with E-state index in [1.54, 1.807) is 0 Å². The van der Waals surface area contributed by atoms with Crippen molar-refractivity contribution >= 4 is 45.4 Å². The molecule has 0 unspecified atom stereocenters. The van der Waals surface area contributed by atoms with Crippen LogP contribution < -0.4 is 10.6 Å². The predicted octanol–water partition coefficient (Wildman–Crippen LogP) is 3.55. The Bertz CT molecular complexity index is 1020. The second-order valence-electron chi connectivity index (χ2n) is 5.49. The van der Waals surface area contributed by atoms with Crippen LogP contribution in [-0.2, 0) is 0 Å². The highest BCUT2D eigenvalue weighted by molar-refractivity contribution is 7.80. The van der Waals surface area contributed by atoms with Crippen LogP contribution in [0, 0.1) is 17.0 Å². The van der Waals surface area contributed by atoms with Crippen LogP contribution in [0.3, 0.4) is 0 Å². The van der Waals surface area contributed by atoms with Gasteiger partial charge in [0.15, 0.2) is 5.11 Å². The van der Waals surface area contributed by atoms with Gasteiger partial charge in [0.25, 0.3) is 11.6 Å². The number of hydrogen-bond acceptors (Lipinski definition) is 7. The molecule has 27 heavy (non-hydrogen) atoms. The number of thiocarbonyl (C=S) groups is 1. The van der Waals surface area contributed by atoms with Crippen LogP contribution in [0.5, 0.6) is 0 Å². The smallest absolute Gasteiger partial charge is 0.269 e. The molecule has 0 spiro atoms. The number of nitrogens with one attached hydrogen (secondary N) is 2. The summed E-state index contributed by atoms with van der Waals surface area (Å²) in [4.78, 5) is 22.3. The number of amides is 1.